The van der Waals surface area contributed by atoms with Crippen molar-refractivity contribution in [3.8, 4) is 0 Å². The largest absolute Gasteiger partial charge is 0.324 e. The monoisotopic (exact) mass is 222 g/mol. The quantitative estimate of drug-likeness (QED) is 0.841. The van der Waals surface area contributed by atoms with Crippen LogP contribution in [-0.4, -0.2) is 34.3 Å². The number of nitrogens with two attached hydrogens (primary N) is 1. The number of likely N-dealkylation sites (N-methyl/N-ethyl adjacent to an activating group) is 1. The molecule has 4 nitrogen and oxygen atoms in total. The molecule has 1 unspecified atom stereocenters. The van der Waals surface area contributed by atoms with E-state index in [2.05, 4.69) is 35.5 Å². The predicted octanol–water partition coefficient (Wildman–Crippen LogP) is 1.40. The Morgan fingerprint density at radius 3 is 2.50 bits per heavy atom. The second kappa shape index (κ2) is 4.18. The molecular formula is C12H22N4. The summed E-state index contributed by atoms with van der Waals surface area (Å²) in [5.74, 6) is 0. The molecule has 0 spiro atoms. The molecule has 1 fully saturated rings. The number of aryl methyl sites for hydroxylation is 1. The molecular weight excluding hydrogens is 200 g/mol. The minimum Gasteiger partial charge on any atom is -0.324 e. The molecule has 1 saturated heterocycles. The zero-order valence-electron chi connectivity index (χ0n) is 10.7. The van der Waals surface area contributed by atoms with Crippen LogP contribution in [0.15, 0.2) is 0 Å². The summed E-state index contributed by atoms with van der Waals surface area (Å²) in [6.07, 6.45) is 0. The molecule has 2 rings (SSSR count). The van der Waals surface area contributed by atoms with Gasteiger partial charge >= 0.3 is 0 Å². The van der Waals surface area contributed by atoms with Crippen LogP contribution in [0.25, 0.3) is 0 Å². The lowest BCUT2D eigenvalue weighted by Crippen LogP contribution is -2.47. The molecule has 2 N–H and O–H groups in total. The van der Waals surface area contributed by atoms with Crippen molar-refractivity contribution in [1.29, 1.82) is 0 Å². The highest BCUT2D eigenvalue weighted by Crippen LogP contribution is 2.26. The van der Waals surface area contributed by atoms with Gasteiger partial charge in [0, 0.05) is 30.4 Å². The SMILES string of the molecule is CCN1CC(n2nc(C)c(C(C)N)c2C)C1. The standard InChI is InChI=1S/C12H22N4/c1-5-15-6-11(7-15)16-10(4)12(8(2)13)9(3)14-16/h8,11H,5-7,13H2,1-4H3. The molecule has 0 saturated carbocycles. The van der Waals surface area contributed by atoms with Gasteiger partial charge in [-0.3, -0.25) is 9.58 Å². The number of aromatic nitrogens is 2. The lowest BCUT2D eigenvalue weighted by atomic mass is 10.1. The number of hydrogen-bond donors (Lipinski definition) is 1. The predicted molar refractivity (Wildman–Crippen MR) is 65.5 cm³/mol. The van der Waals surface area contributed by atoms with E-state index in [1.165, 1.54) is 11.3 Å². The number of nitrogens with zero attached hydrogens (tertiary/aromatic N) is 3. The summed E-state index contributed by atoms with van der Waals surface area (Å²) in [6.45, 7) is 11.8. The van der Waals surface area contributed by atoms with Crippen LogP contribution in [0.4, 0.5) is 0 Å². The van der Waals surface area contributed by atoms with E-state index in [1.54, 1.807) is 0 Å². The van der Waals surface area contributed by atoms with Crippen LogP contribution >= 0.6 is 0 Å². The van der Waals surface area contributed by atoms with E-state index < -0.39 is 0 Å². The van der Waals surface area contributed by atoms with E-state index in [1.807, 2.05) is 6.92 Å². The van der Waals surface area contributed by atoms with Crippen LogP contribution in [-0.2, 0) is 0 Å². The third-order valence-electron chi connectivity index (χ3n) is 3.57. The normalized spacial score (nSPS) is 19.8. The summed E-state index contributed by atoms with van der Waals surface area (Å²) in [7, 11) is 0. The molecule has 0 amide bonds. The van der Waals surface area contributed by atoms with Crippen molar-refractivity contribution < 1.29 is 0 Å². The fourth-order valence-electron chi connectivity index (χ4n) is 2.65. The summed E-state index contributed by atoms with van der Waals surface area (Å²) in [6, 6.07) is 0.627. The van der Waals surface area contributed by atoms with Gasteiger partial charge in [-0.1, -0.05) is 6.92 Å². The first-order valence-electron chi connectivity index (χ1n) is 6.08. The molecule has 4 heteroatoms. The Kier molecular flexibility index (Phi) is 3.04. The molecule has 1 aromatic rings. The minimum atomic E-state index is 0.0797. The van der Waals surface area contributed by atoms with Crippen LogP contribution in [0.5, 0.6) is 0 Å². The van der Waals surface area contributed by atoms with Gasteiger partial charge < -0.3 is 5.73 Å². The summed E-state index contributed by atoms with van der Waals surface area (Å²) >= 11 is 0. The summed E-state index contributed by atoms with van der Waals surface area (Å²) in [5, 5.41) is 4.63. The Labute approximate surface area is 97.4 Å². The van der Waals surface area contributed by atoms with E-state index in [9.17, 15) is 0 Å². The summed E-state index contributed by atoms with van der Waals surface area (Å²) in [5.41, 5.74) is 9.52. The Morgan fingerprint density at radius 2 is 2.06 bits per heavy atom. The average Bonchev–Trinajstić information content (AvgIpc) is 2.40. The fourth-order valence-corrected chi connectivity index (χ4v) is 2.65. The van der Waals surface area contributed by atoms with Crippen LogP contribution in [0, 0.1) is 13.8 Å². The minimum absolute atomic E-state index is 0.0797. The maximum Gasteiger partial charge on any atom is 0.0776 e. The highest BCUT2D eigenvalue weighted by Gasteiger charge is 2.29. The van der Waals surface area contributed by atoms with Gasteiger partial charge in [-0.15, -0.1) is 0 Å². The molecule has 90 valence electrons. The van der Waals surface area contributed by atoms with Gasteiger partial charge in [0.25, 0.3) is 0 Å². The second-order valence-corrected chi connectivity index (χ2v) is 4.82. The number of hydrogen-bond acceptors (Lipinski definition) is 3. The van der Waals surface area contributed by atoms with Gasteiger partial charge in [-0.05, 0) is 27.3 Å². The van der Waals surface area contributed by atoms with E-state index >= 15 is 0 Å². The van der Waals surface area contributed by atoms with Crippen LogP contribution < -0.4 is 5.73 Å². The third-order valence-corrected chi connectivity index (χ3v) is 3.57. The van der Waals surface area contributed by atoms with Crippen molar-refractivity contribution in [2.75, 3.05) is 19.6 Å². The van der Waals surface area contributed by atoms with Gasteiger partial charge in [0.2, 0.25) is 0 Å². The average molecular weight is 222 g/mol. The zero-order valence-corrected chi connectivity index (χ0v) is 10.7. The highest BCUT2D eigenvalue weighted by molar-refractivity contribution is 5.28. The molecule has 0 radical (unpaired) electrons. The molecule has 1 aromatic heterocycles. The maximum absolute atomic E-state index is 5.98. The third kappa shape index (κ3) is 1.76. The van der Waals surface area contributed by atoms with Crippen LogP contribution in [0.1, 0.15) is 42.9 Å². The smallest absolute Gasteiger partial charge is 0.0776 e. The topological polar surface area (TPSA) is 47.1 Å². The molecule has 0 bridgehead atoms. The number of rotatable bonds is 3. The maximum atomic E-state index is 5.98. The van der Waals surface area contributed by atoms with E-state index in [4.69, 9.17) is 5.73 Å². The van der Waals surface area contributed by atoms with Crippen molar-refractivity contribution >= 4 is 0 Å². The van der Waals surface area contributed by atoms with Crippen LogP contribution in [0.2, 0.25) is 0 Å². The molecule has 1 atom stereocenters. The van der Waals surface area contributed by atoms with Crippen molar-refractivity contribution in [2.45, 2.75) is 39.8 Å². The second-order valence-electron chi connectivity index (χ2n) is 4.82. The van der Waals surface area contributed by atoms with E-state index in [0.717, 1.165) is 25.3 Å². The van der Waals surface area contributed by atoms with Crippen molar-refractivity contribution in [2.24, 2.45) is 5.73 Å². The lowest BCUT2D eigenvalue weighted by molar-refractivity contribution is 0.104. The molecule has 1 aliphatic heterocycles. The summed E-state index contributed by atoms with van der Waals surface area (Å²) < 4.78 is 2.17. The summed E-state index contributed by atoms with van der Waals surface area (Å²) in [4.78, 5) is 2.42. The van der Waals surface area contributed by atoms with Crippen LogP contribution in [0.3, 0.4) is 0 Å². The lowest BCUT2D eigenvalue weighted by Gasteiger charge is -2.39. The van der Waals surface area contributed by atoms with Gasteiger partial charge in [-0.25, -0.2) is 0 Å². The molecule has 0 aromatic carbocycles. The van der Waals surface area contributed by atoms with Crippen molar-refractivity contribution in [3.05, 3.63) is 17.0 Å². The Hall–Kier alpha value is -0.870. The Morgan fingerprint density at radius 1 is 1.44 bits per heavy atom. The van der Waals surface area contributed by atoms with Crippen molar-refractivity contribution in [3.63, 3.8) is 0 Å². The molecule has 2 heterocycles. The van der Waals surface area contributed by atoms with E-state index in [-0.39, 0.29) is 6.04 Å². The first-order valence-corrected chi connectivity index (χ1v) is 6.08. The number of likely N-dealkylation sites (tertiary alicyclic amines) is 1. The first-order chi connectivity index (χ1) is 7.54. The Bertz CT molecular complexity index is 375. The molecule has 16 heavy (non-hydrogen) atoms. The molecule has 1 aliphatic rings. The fraction of sp³-hybridized carbons (Fsp3) is 0.750. The van der Waals surface area contributed by atoms with E-state index in [0.29, 0.717) is 6.04 Å². The highest BCUT2D eigenvalue weighted by atomic mass is 15.4. The Balaban J connectivity index is 2.21. The van der Waals surface area contributed by atoms with Gasteiger partial charge in [0.1, 0.15) is 0 Å². The van der Waals surface area contributed by atoms with Gasteiger partial charge in [0.15, 0.2) is 0 Å². The molecule has 0 aliphatic carbocycles. The first kappa shape index (κ1) is 11.6. The zero-order chi connectivity index (χ0) is 11.9. The van der Waals surface area contributed by atoms with Gasteiger partial charge in [0.05, 0.1) is 11.7 Å². The van der Waals surface area contributed by atoms with Crippen molar-refractivity contribution in [1.82, 2.24) is 14.7 Å². The van der Waals surface area contributed by atoms with Gasteiger partial charge in [-0.2, -0.15) is 5.10 Å².